The fourth-order valence-corrected chi connectivity index (χ4v) is 2.68. The Morgan fingerprint density at radius 3 is 2.14 bits per heavy atom. The zero-order valence-electron chi connectivity index (χ0n) is 16.9. The van der Waals surface area contributed by atoms with Gasteiger partial charge < -0.3 is 20.1 Å². The fourth-order valence-electron chi connectivity index (χ4n) is 2.68. The molecule has 2 amide bonds. The molecule has 6 nitrogen and oxygen atoms in total. The van der Waals surface area contributed by atoms with Crippen LogP contribution in [-0.4, -0.2) is 32.6 Å². The summed E-state index contributed by atoms with van der Waals surface area (Å²) in [4.78, 5) is 24.4. The lowest BCUT2D eigenvalue weighted by molar-refractivity contribution is -0.116. The maximum absolute atomic E-state index is 12.3. The molecule has 0 aliphatic rings. The third-order valence-electron chi connectivity index (χ3n) is 4.63. The monoisotopic (exact) mass is 384 g/mol. The molecule has 2 rings (SSSR count). The number of ether oxygens (including phenoxy) is 2. The first-order chi connectivity index (χ1) is 13.5. The molecular formula is C22H28N2O4. The van der Waals surface area contributed by atoms with Gasteiger partial charge in [-0.2, -0.15) is 0 Å². The molecular weight excluding hydrogens is 356 g/mol. The van der Waals surface area contributed by atoms with Gasteiger partial charge in [0.1, 0.15) is 11.5 Å². The summed E-state index contributed by atoms with van der Waals surface area (Å²) >= 11 is 0. The number of hydrogen-bond donors (Lipinski definition) is 2. The van der Waals surface area contributed by atoms with Crippen LogP contribution in [0.1, 0.15) is 48.5 Å². The number of methoxy groups -OCH3 is 2. The summed E-state index contributed by atoms with van der Waals surface area (Å²) in [5, 5.41) is 5.58. The molecule has 6 heteroatoms. The van der Waals surface area contributed by atoms with Crippen LogP contribution in [0.2, 0.25) is 0 Å². The van der Waals surface area contributed by atoms with Crippen molar-refractivity contribution in [2.24, 2.45) is 0 Å². The molecule has 1 atom stereocenters. The SMILES string of the molecule is CCC(C)c1ccc(NC(=O)CCNC(=O)c2cc(OC)cc(OC)c2)cc1. The van der Waals surface area contributed by atoms with E-state index < -0.39 is 0 Å². The van der Waals surface area contributed by atoms with Crippen LogP contribution in [-0.2, 0) is 4.79 Å². The number of carbonyl (C=O) groups excluding carboxylic acids is 2. The van der Waals surface area contributed by atoms with Crippen LogP contribution in [0, 0.1) is 0 Å². The van der Waals surface area contributed by atoms with E-state index >= 15 is 0 Å². The summed E-state index contributed by atoms with van der Waals surface area (Å²) in [7, 11) is 3.05. The molecule has 0 aliphatic carbocycles. The molecule has 2 aromatic rings. The number of anilines is 1. The van der Waals surface area contributed by atoms with Gasteiger partial charge in [0.05, 0.1) is 14.2 Å². The van der Waals surface area contributed by atoms with E-state index in [1.54, 1.807) is 18.2 Å². The highest BCUT2D eigenvalue weighted by Gasteiger charge is 2.11. The lowest BCUT2D eigenvalue weighted by Gasteiger charge is -2.11. The molecule has 0 heterocycles. The highest BCUT2D eigenvalue weighted by atomic mass is 16.5. The van der Waals surface area contributed by atoms with Gasteiger partial charge in [0.25, 0.3) is 5.91 Å². The quantitative estimate of drug-likeness (QED) is 0.686. The fraction of sp³-hybridized carbons (Fsp3) is 0.364. The van der Waals surface area contributed by atoms with Gasteiger partial charge in [0.2, 0.25) is 5.91 Å². The van der Waals surface area contributed by atoms with Gasteiger partial charge in [-0.1, -0.05) is 26.0 Å². The number of carbonyl (C=O) groups is 2. The van der Waals surface area contributed by atoms with Gasteiger partial charge >= 0.3 is 0 Å². The van der Waals surface area contributed by atoms with Gasteiger partial charge in [-0.3, -0.25) is 9.59 Å². The Morgan fingerprint density at radius 1 is 1.00 bits per heavy atom. The van der Waals surface area contributed by atoms with Crippen LogP contribution >= 0.6 is 0 Å². The van der Waals surface area contributed by atoms with Crippen LogP contribution in [0.4, 0.5) is 5.69 Å². The molecule has 0 spiro atoms. The molecule has 1 unspecified atom stereocenters. The maximum Gasteiger partial charge on any atom is 0.251 e. The first kappa shape index (κ1) is 21.3. The third kappa shape index (κ3) is 6.01. The molecule has 0 fully saturated rings. The molecule has 0 bridgehead atoms. The van der Waals surface area contributed by atoms with Crippen molar-refractivity contribution in [2.45, 2.75) is 32.6 Å². The summed E-state index contributed by atoms with van der Waals surface area (Å²) in [6.07, 6.45) is 1.25. The van der Waals surface area contributed by atoms with Crippen molar-refractivity contribution < 1.29 is 19.1 Å². The third-order valence-corrected chi connectivity index (χ3v) is 4.63. The molecule has 2 N–H and O–H groups in total. The number of benzene rings is 2. The smallest absolute Gasteiger partial charge is 0.251 e. The van der Waals surface area contributed by atoms with Crippen molar-refractivity contribution in [3.63, 3.8) is 0 Å². The van der Waals surface area contributed by atoms with Gasteiger partial charge in [0.15, 0.2) is 0 Å². The second kappa shape index (κ2) is 10.3. The second-order valence-corrected chi connectivity index (χ2v) is 6.59. The average molecular weight is 384 g/mol. The zero-order valence-corrected chi connectivity index (χ0v) is 16.9. The van der Waals surface area contributed by atoms with Crippen molar-refractivity contribution in [3.05, 3.63) is 53.6 Å². The summed E-state index contributed by atoms with van der Waals surface area (Å²) in [5.41, 5.74) is 2.42. The first-order valence-corrected chi connectivity index (χ1v) is 9.37. The van der Waals surface area contributed by atoms with E-state index in [9.17, 15) is 9.59 Å². The first-order valence-electron chi connectivity index (χ1n) is 9.37. The second-order valence-electron chi connectivity index (χ2n) is 6.59. The molecule has 0 aliphatic heterocycles. The summed E-state index contributed by atoms with van der Waals surface area (Å²) < 4.78 is 10.3. The lowest BCUT2D eigenvalue weighted by Crippen LogP contribution is -2.27. The number of nitrogens with one attached hydrogen (secondary N) is 2. The van der Waals surface area contributed by atoms with E-state index in [4.69, 9.17) is 9.47 Å². The van der Waals surface area contributed by atoms with Gasteiger partial charge in [-0.05, 0) is 42.2 Å². The Hall–Kier alpha value is -3.02. The van der Waals surface area contributed by atoms with Crippen LogP contribution in [0.15, 0.2) is 42.5 Å². The van der Waals surface area contributed by atoms with Crippen LogP contribution in [0.25, 0.3) is 0 Å². The topological polar surface area (TPSA) is 76.7 Å². The summed E-state index contributed by atoms with van der Waals surface area (Å²) in [6, 6.07) is 12.8. The van der Waals surface area contributed by atoms with Crippen molar-refractivity contribution in [3.8, 4) is 11.5 Å². The molecule has 2 aromatic carbocycles. The van der Waals surface area contributed by atoms with E-state index in [-0.39, 0.29) is 24.8 Å². The van der Waals surface area contributed by atoms with E-state index in [1.165, 1.54) is 19.8 Å². The highest BCUT2D eigenvalue weighted by molar-refractivity contribution is 5.96. The molecule has 0 saturated carbocycles. The summed E-state index contributed by atoms with van der Waals surface area (Å²) in [6.45, 7) is 4.56. The van der Waals surface area contributed by atoms with Crippen molar-refractivity contribution in [1.82, 2.24) is 5.32 Å². The van der Waals surface area contributed by atoms with Crippen LogP contribution < -0.4 is 20.1 Å². The number of hydrogen-bond acceptors (Lipinski definition) is 4. The Labute approximate surface area is 166 Å². The minimum absolute atomic E-state index is 0.153. The molecule has 150 valence electrons. The van der Waals surface area contributed by atoms with Gasteiger partial charge in [-0.15, -0.1) is 0 Å². The predicted octanol–water partition coefficient (Wildman–Crippen LogP) is 3.98. The van der Waals surface area contributed by atoms with Crippen molar-refractivity contribution >= 4 is 17.5 Å². The maximum atomic E-state index is 12.3. The number of amides is 2. The highest BCUT2D eigenvalue weighted by Crippen LogP contribution is 2.22. The summed E-state index contributed by atoms with van der Waals surface area (Å²) in [5.74, 6) is 1.11. The minimum atomic E-state index is -0.289. The lowest BCUT2D eigenvalue weighted by atomic mass is 9.99. The normalized spacial score (nSPS) is 11.4. The molecule has 0 aromatic heterocycles. The Bertz CT molecular complexity index is 780. The van der Waals surface area contributed by atoms with Gasteiger partial charge in [0, 0.05) is 30.3 Å². The van der Waals surface area contributed by atoms with Crippen molar-refractivity contribution in [2.75, 3.05) is 26.1 Å². The van der Waals surface area contributed by atoms with E-state index in [2.05, 4.69) is 24.5 Å². The Morgan fingerprint density at radius 2 is 1.61 bits per heavy atom. The van der Waals surface area contributed by atoms with Crippen LogP contribution in [0.5, 0.6) is 11.5 Å². The van der Waals surface area contributed by atoms with Crippen molar-refractivity contribution in [1.29, 1.82) is 0 Å². The average Bonchev–Trinajstić information content (AvgIpc) is 2.73. The largest absolute Gasteiger partial charge is 0.497 e. The Kier molecular flexibility index (Phi) is 7.87. The number of rotatable bonds is 9. The standard InChI is InChI=1S/C22H28N2O4/c1-5-15(2)16-6-8-18(9-7-16)24-21(25)10-11-23-22(26)17-12-19(27-3)14-20(13-17)28-4/h6-9,12-15H,5,10-11H2,1-4H3,(H,23,26)(H,24,25). The molecule has 0 saturated heterocycles. The zero-order chi connectivity index (χ0) is 20.5. The van der Waals surface area contributed by atoms with E-state index in [1.807, 2.05) is 24.3 Å². The molecule has 28 heavy (non-hydrogen) atoms. The van der Waals surface area contributed by atoms with E-state index in [0.29, 0.717) is 23.0 Å². The Balaban J connectivity index is 1.84. The van der Waals surface area contributed by atoms with Crippen LogP contribution in [0.3, 0.4) is 0 Å². The van der Waals surface area contributed by atoms with E-state index in [0.717, 1.165) is 12.1 Å². The minimum Gasteiger partial charge on any atom is -0.497 e. The van der Waals surface area contributed by atoms with Gasteiger partial charge in [-0.25, -0.2) is 0 Å². The molecule has 0 radical (unpaired) electrons. The predicted molar refractivity (Wildman–Crippen MR) is 110 cm³/mol.